The Morgan fingerprint density at radius 2 is 2.06 bits per heavy atom. The Bertz CT molecular complexity index is 1270. The van der Waals surface area contributed by atoms with Crippen molar-refractivity contribution in [2.75, 3.05) is 19.8 Å². The maximum absolute atomic E-state index is 6.55. The highest BCUT2D eigenvalue weighted by Gasteiger charge is 2.37. The zero-order chi connectivity index (χ0) is 25.5. The van der Waals surface area contributed by atoms with Crippen LogP contribution >= 0.6 is 15.9 Å². The Morgan fingerprint density at radius 1 is 1.22 bits per heavy atom. The SMILES string of the molecule is CC(C)(C)[Si](C)(C)OCc1nc2c(-c3ccnn3C3CCCCO3)cc(C3=CCOCC3)cn2c1Br. The lowest BCUT2D eigenvalue weighted by Crippen LogP contribution is -2.40. The minimum absolute atomic E-state index is 0.0467. The van der Waals surface area contributed by atoms with Gasteiger partial charge in [-0.2, -0.15) is 5.10 Å². The van der Waals surface area contributed by atoms with Gasteiger partial charge in [0.05, 0.1) is 31.2 Å². The van der Waals surface area contributed by atoms with Gasteiger partial charge in [-0.25, -0.2) is 9.67 Å². The van der Waals surface area contributed by atoms with E-state index in [0.29, 0.717) is 13.2 Å². The van der Waals surface area contributed by atoms with E-state index < -0.39 is 8.32 Å². The molecule has 0 bridgehead atoms. The largest absolute Gasteiger partial charge is 0.411 e. The van der Waals surface area contributed by atoms with Gasteiger partial charge in [-0.1, -0.05) is 26.8 Å². The van der Waals surface area contributed by atoms with Crippen molar-refractivity contribution < 1.29 is 13.9 Å². The summed E-state index contributed by atoms with van der Waals surface area (Å²) in [6.45, 7) is 14.0. The number of halogens is 1. The minimum atomic E-state index is -1.92. The van der Waals surface area contributed by atoms with E-state index in [1.807, 2.05) is 10.9 Å². The fraction of sp³-hybridized carbons (Fsp3) is 0.556. The molecule has 36 heavy (non-hydrogen) atoms. The smallest absolute Gasteiger partial charge is 0.192 e. The number of pyridine rings is 1. The molecular weight excluding hydrogens is 536 g/mol. The van der Waals surface area contributed by atoms with Crippen molar-refractivity contribution in [3.63, 3.8) is 0 Å². The third kappa shape index (κ3) is 5.00. The van der Waals surface area contributed by atoms with Crippen LogP contribution in [0.3, 0.4) is 0 Å². The maximum atomic E-state index is 6.55. The highest BCUT2D eigenvalue weighted by atomic mass is 79.9. The van der Waals surface area contributed by atoms with E-state index in [4.69, 9.17) is 18.9 Å². The third-order valence-corrected chi connectivity index (χ3v) is 13.1. The van der Waals surface area contributed by atoms with Crippen LogP contribution in [0.2, 0.25) is 18.1 Å². The molecule has 7 nitrogen and oxygen atoms in total. The zero-order valence-electron chi connectivity index (χ0n) is 22.0. The van der Waals surface area contributed by atoms with E-state index in [-0.39, 0.29) is 11.3 Å². The highest BCUT2D eigenvalue weighted by molar-refractivity contribution is 9.10. The number of imidazole rings is 1. The molecule has 0 N–H and O–H groups in total. The van der Waals surface area contributed by atoms with Crippen LogP contribution in [0, 0.1) is 0 Å². The van der Waals surface area contributed by atoms with Gasteiger partial charge in [0.1, 0.15) is 10.3 Å². The van der Waals surface area contributed by atoms with E-state index in [2.05, 4.69) is 83.7 Å². The summed E-state index contributed by atoms with van der Waals surface area (Å²) in [5.74, 6) is 0. The summed E-state index contributed by atoms with van der Waals surface area (Å²) in [7, 11) is -1.92. The van der Waals surface area contributed by atoms with Crippen LogP contribution in [-0.4, -0.2) is 47.3 Å². The van der Waals surface area contributed by atoms with Gasteiger partial charge in [-0.3, -0.25) is 4.40 Å². The molecule has 2 aliphatic rings. The molecule has 0 saturated carbocycles. The fourth-order valence-corrected chi connectivity index (χ4v) is 5.95. The Labute approximate surface area is 223 Å². The maximum Gasteiger partial charge on any atom is 0.192 e. The standard InChI is InChI=1S/C27H37BrN4O3Si/c1-27(2,3)36(4,5)35-18-22-25(28)31-17-20(19-10-14-33-15-11-19)16-21(26(31)30-22)23-9-12-29-32(23)24-8-6-7-13-34-24/h9-10,12,16-17,24H,6-8,11,13-15,18H2,1-5H3. The van der Waals surface area contributed by atoms with Crippen molar-refractivity contribution in [2.45, 2.75) is 77.4 Å². The molecule has 9 heteroatoms. The zero-order valence-corrected chi connectivity index (χ0v) is 24.6. The summed E-state index contributed by atoms with van der Waals surface area (Å²) in [5.41, 5.74) is 6.35. The molecule has 1 fully saturated rings. The highest BCUT2D eigenvalue weighted by Crippen LogP contribution is 2.39. The second kappa shape index (κ2) is 10.2. The van der Waals surface area contributed by atoms with Gasteiger partial charge in [-0.05, 0) is 83.0 Å². The van der Waals surface area contributed by atoms with Gasteiger partial charge in [0.2, 0.25) is 0 Å². The van der Waals surface area contributed by atoms with Crippen molar-refractivity contribution in [2.24, 2.45) is 0 Å². The van der Waals surface area contributed by atoms with Gasteiger partial charge < -0.3 is 13.9 Å². The summed E-state index contributed by atoms with van der Waals surface area (Å²) < 4.78 is 23.4. The lowest BCUT2D eigenvalue weighted by atomic mass is 10.0. The molecule has 3 aromatic rings. The molecule has 5 heterocycles. The molecule has 2 aliphatic heterocycles. The van der Waals surface area contributed by atoms with E-state index in [0.717, 1.165) is 66.1 Å². The van der Waals surface area contributed by atoms with Crippen LogP contribution in [0.1, 0.15) is 63.9 Å². The van der Waals surface area contributed by atoms with Crippen LogP contribution in [0.15, 0.2) is 35.2 Å². The molecule has 5 rings (SSSR count). The Kier molecular flexibility index (Phi) is 7.30. The number of fused-ring (bicyclic) bond motifs is 1. The second-order valence-electron chi connectivity index (χ2n) is 11.3. The Morgan fingerprint density at radius 3 is 2.75 bits per heavy atom. The van der Waals surface area contributed by atoms with Gasteiger partial charge in [0.15, 0.2) is 14.5 Å². The molecule has 1 atom stereocenters. The summed E-state index contributed by atoms with van der Waals surface area (Å²) in [4.78, 5) is 5.11. The van der Waals surface area contributed by atoms with Crippen molar-refractivity contribution in [1.29, 1.82) is 0 Å². The molecule has 0 amide bonds. The van der Waals surface area contributed by atoms with Crippen molar-refractivity contribution in [3.8, 4) is 11.3 Å². The number of ether oxygens (including phenoxy) is 2. The topological polar surface area (TPSA) is 62.8 Å². The molecular formula is C27H37BrN4O3Si. The normalized spacial score (nSPS) is 19.6. The van der Waals surface area contributed by atoms with Crippen molar-refractivity contribution >= 4 is 35.5 Å². The Hall–Kier alpha value is -1.78. The average molecular weight is 574 g/mol. The number of hydrogen-bond acceptors (Lipinski definition) is 5. The molecule has 194 valence electrons. The first-order valence-electron chi connectivity index (χ1n) is 12.9. The quantitative estimate of drug-likeness (QED) is 0.298. The number of hydrogen-bond donors (Lipinski definition) is 0. The monoisotopic (exact) mass is 572 g/mol. The first kappa shape index (κ1) is 25.8. The molecule has 0 radical (unpaired) electrons. The second-order valence-corrected chi connectivity index (χ2v) is 16.8. The minimum Gasteiger partial charge on any atom is -0.411 e. The van der Waals surface area contributed by atoms with Gasteiger partial charge in [0.25, 0.3) is 0 Å². The predicted octanol–water partition coefficient (Wildman–Crippen LogP) is 6.98. The van der Waals surface area contributed by atoms with Crippen LogP contribution in [-0.2, 0) is 20.5 Å². The van der Waals surface area contributed by atoms with E-state index in [1.54, 1.807) is 0 Å². The number of aromatic nitrogens is 4. The van der Waals surface area contributed by atoms with Gasteiger partial charge in [-0.15, -0.1) is 0 Å². The molecule has 1 unspecified atom stereocenters. The van der Waals surface area contributed by atoms with Gasteiger partial charge in [0, 0.05) is 24.6 Å². The van der Waals surface area contributed by atoms with E-state index >= 15 is 0 Å². The first-order valence-corrected chi connectivity index (χ1v) is 16.6. The summed E-state index contributed by atoms with van der Waals surface area (Å²) in [6, 6.07) is 4.32. The fourth-order valence-electron chi connectivity index (χ4n) is 4.55. The molecule has 0 aliphatic carbocycles. The molecule has 3 aromatic heterocycles. The van der Waals surface area contributed by atoms with Crippen LogP contribution in [0.5, 0.6) is 0 Å². The Balaban J connectivity index is 1.61. The predicted molar refractivity (Wildman–Crippen MR) is 148 cm³/mol. The van der Waals surface area contributed by atoms with Crippen LogP contribution in [0.4, 0.5) is 0 Å². The van der Waals surface area contributed by atoms with Crippen molar-refractivity contribution in [1.82, 2.24) is 19.2 Å². The van der Waals surface area contributed by atoms with Gasteiger partial charge >= 0.3 is 0 Å². The van der Waals surface area contributed by atoms with Crippen LogP contribution < -0.4 is 0 Å². The lowest BCUT2D eigenvalue weighted by Gasteiger charge is -2.35. The van der Waals surface area contributed by atoms with E-state index in [1.165, 1.54) is 11.1 Å². The average Bonchev–Trinajstić information content (AvgIpc) is 3.48. The van der Waals surface area contributed by atoms with Crippen molar-refractivity contribution in [3.05, 3.63) is 46.5 Å². The van der Waals surface area contributed by atoms with E-state index in [9.17, 15) is 0 Å². The lowest BCUT2D eigenvalue weighted by molar-refractivity contribution is -0.0383. The number of nitrogens with zero attached hydrogens (tertiary/aromatic N) is 4. The molecule has 1 saturated heterocycles. The summed E-state index contributed by atoms with van der Waals surface area (Å²) >= 11 is 3.87. The number of rotatable bonds is 6. The summed E-state index contributed by atoms with van der Waals surface area (Å²) in [6.07, 6.45) is 10.3. The van der Waals surface area contributed by atoms with Crippen LogP contribution in [0.25, 0.3) is 22.5 Å². The molecule has 0 aromatic carbocycles. The molecule has 0 spiro atoms. The first-order chi connectivity index (χ1) is 17.2. The third-order valence-electron chi connectivity index (χ3n) is 7.81. The summed E-state index contributed by atoms with van der Waals surface area (Å²) in [5, 5.41) is 4.82.